The zero-order chi connectivity index (χ0) is 21.7. The van der Waals surface area contributed by atoms with Crippen molar-refractivity contribution in [2.75, 3.05) is 27.2 Å². The highest BCUT2D eigenvalue weighted by atomic mass is 35.5. The van der Waals surface area contributed by atoms with Gasteiger partial charge in [-0.25, -0.2) is 4.98 Å². The number of aromatic nitrogens is 1. The number of carbonyl (C=O) groups is 1. The van der Waals surface area contributed by atoms with Gasteiger partial charge in [-0.15, -0.1) is 11.3 Å². The number of halogens is 2. The van der Waals surface area contributed by atoms with Gasteiger partial charge in [-0.2, -0.15) is 0 Å². The van der Waals surface area contributed by atoms with E-state index in [2.05, 4.69) is 9.88 Å². The zero-order valence-electron chi connectivity index (χ0n) is 17.3. The fourth-order valence-electron chi connectivity index (χ4n) is 3.08. The molecule has 0 saturated heterocycles. The Morgan fingerprint density at radius 3 is 2.63 bits per heavy atom. The van der Waals surface area contributed by atoms with Gasteiger partial charge in [0.05, 0.1) is 27.0 Å². The van der Waals surface area contributed by atoms with Gasteiger partial charge in [-0.3, -0.25) is 4.79 Å². The van der Waals surface area contributed by atoms with Crippen molar-refractivity contribution in [2.45, 2.75) is 26.3 Å². The van der Waals surface area contributed by atoms with Crippen molar-refractivity contribution in [3.05, 3.63) is 62.8 Å². The Kier molecular flexibility index (Phi) is 7.94. The predicted octanol–water partition coefficient (Wildman–Crippen LogP) is 5.54. The van der Waals surface area contributed by atoms with Crippen LogP contribution in [-0.4, -0.2) is 47.9 Å². The van der Waals surface area contributed by atoms with Crippen molar-refractivity contribution in [1.29, 1.82) is 0 Å². The fraction of sp³-hybridized carbons (Fsp3) is 0.364. The van der Waals surface area contributed by atoms with Gasteiger partial charge >= 0.3 is 0 Å². The summed E-state index contributed by atoms with van der Waals surface area (Å²) in [5.74, 6) is 1.25. The number of hydrogen-bond acceptors (Lipinski definition) is 5. The molecule has 3 aromatic rings. The van der Waals surface area contributed by atoms with Crippen LogP contribution in [0.2, 0.25) is 10.0 Å². The third kappa shape index (κ3) is 6.08. The first-order valence-corrected chi connectivity index (χ1v) is 11.3. The smallest absolute Gasteiger partial charge is 0.236 e. The Morgan fingerprint density at radius 1 is 1.17 bits per heavy atom. The maximum atomic E-state index is 13.2. The molecule has 1 amide bonds. The molecule has 0 bridgehead atoms. The number of hydrogen-bond donors (Lipinski definition) is 0. The number of amides is 1. The molecule has 0 spiro atoms. The average Bonchev–Trinajstić information content (AvgIpc) is 3.34. The van der Waals surface area contributed by atoms with Crippen LogP contribution in [0.3, 0.4) is 0 Å². The average molecular weight is 466 g/mol. The summed E-state index contributed by atoms with van der Waals surface area (Å²) in [6, 6.07) is 9.38. The first kappa shape index (κ1) is 22.8. The summed E-state index contributed by atoms with van der Waals surface area (Å²) in [6.45, 7) is 3.86. The summed E-state index contributed by atoms with van der Waals surface area (Å²) in [6.07, 6.45) is 1.07. The number of rotatable bonds is 9. The lowest BCUT2D eigenvalue weighted by molar-refractivity contribution is -0.131. The third-order valence-electron chi connectivity index (χ3n) is 4.69. The molecule has 8 heteroatoms. The molecular weight excluding hydrogens is 441 g/mol. The fourth-order valence-corrected chi connectivity index (χ4v) is 4.05. The monoisotopic (exact) mass is 465 g/mol. The quantitative estimate of drug-likeness (QED) is 0.416. The van der Waals surface area contributed by atoms with E-state index in [-0.39, 0.29) is 12.3 Å². The van der Waals surface area contributed by atoms with Gasteiger partial charge in [-0.1, -0.05) is 35.3 Å². The van der Waals surface area contributed by atoms with E-state index in [1.165, 1.54) is 0 Å². The molecule has 0 atom stereocenters. The van der Waals surface area contributed by atoms with Gasteiger partial charge in [0, 0.05) is 13.1 Å². The Morgan fingerprint density at radius 2 is 1.97 bits per heavy atom. The van der Waals surface area contributed by atoms with Crippen molar-refractivity contribution in [2.24, 2.45) is 0 Å². The van der Waals surface area contributed by atoms with Gasteiger partial charge in [0.1, 0.15) is 5.76 Å². The van der Waals surface area contributed by atoms with Crippen LogP contribution >= 0.6 is 34.5 Å². The highest BCUT2D eigenvalue weighted by Gasteiger charge is 2.20. The minimum absolute atomic E-state index is 0.00829. The van der Waals surface area contributed by atoms with Gasteiger partial charge in [0.2, 0.25) is 11.8 Å². The highest BCUT2D eigenvalue weighted by Crippen LogP contribution is 2.27. The van der Waals surface area contributed by atoms with E-state index < -0.39 is 0 Å². The molecular formula is C22H25Cl2N3O2S. The normalized spacial score (nSPS) is 11.3. The summed E-state index contributed by atoms with van der Waals surface area (Å²) in [5, 5.41) is 2.97. The summed E-state index contributed by atoms with van der Waals surface area (Å²) < 4.78 is 5.79. The third-order valence-corrected chi connectivity index (χ3v) is 6.28. The van der Waals surface area contributed by atoms with Crippen molar-refractivity contribution in [3.63, 3.8) is 0 Å². The summed E-state index contributed by atoms with van der Waals surface area (Å²) >= 11 is 13.8. The molecule has 0 aliphatic carbocycles. The first-order valence-electron chi connectivity index (χ1n) is 9.70. The number of thiophene rings is 1. The maximum Gasteiger partial charge on any atom is 0.236 e. The summed E-state index contributed by atoms with van der Waals surface area (Å²) in [4.78, 5) is 22.6. The van der Waals surface area contributed by atoms with Crippen molar-refractivity contribution < 1.29 is 9.21 Å². The molecule has 0 aliphatic heterocycles. The molecule has 0 N–H and O–H groups in total. The van der Waals surface area contributed by atoms with E-state index in [9.17, 15) is 4.79 Å². The SMILES string of the molecule is Cc1oc(-c2cccs2)nc1CC(=O)N(CCCN(C)C)Cc1ccc(Cl)c(Cl)c1. The molecule has 2 aromatic heterocycles. The molecule has 0 aliphatic rings. The second-order valence-corrected chi connectivity index (χ2v) is 9.16. The van der Waals surface area contributed by atoms with Crippen LogP contribution in [0.15, 0.2) is 40.1 Å². The predicted molar refractivity (Wildman–Crippen MR) is 123 cm³/mol. The summed E-state index contributed by atoms with van der Waals surface area (Å²) in [7, 11) is 4.05. The van der Waals surface area contributed by atoms with Gasteiger partial charge < -0.3 is 14.2 Å². The Hall–Kier alpha value is -1.86. The molecule has 2 heterocycles. The first-order chi connectivity index (χ1) is 14.3. The standard InChI is InChI=1S/C22H25Cl2N3O2S/c1-15-19(25-22(29-15)20-6-4-11-30-20)13-21(28)27(10-5-9-26(2)3)14-16-7-8-17(23)18(24)12-16/h4,6-8,11-12H,5,9-10,13-14H2,1-3H3. The Balaban J connectivity index is 1.74. The molecule has 3 rings (SSSR count). The topological polar surface area (TPSA) is 49.6 Å². The van der Waals surface area contributed by atoms with Crippen LogP contribution in [0.1, 0.15) is 23.4 Å². The molecule has 30 heavy (non-hydrogen) atoms. The van der Waals surface area contributed by atoms with E-state index in [4.69, 9.17) is 27.6 Å². The molecule has 0 fully saturated rings. The second-order valence-electron chi connectivity index (χ2n) is 7.40. The Bertz CT molecular complexity index is 986. The molecule has 160 valence electrons. The second kappa shape index (κ2) is 10.4. The van der Waals surface area contributed by atoms with Crippen molar-refractivity contribution in [1.82, 2.24) is 14.8 Å². The van der Waals surface area contributed by atoms with Gasteiger partial charge in [0.25, 0.3) is 0 Å². The number of oxazole rings is 1. The van der Waals surface area contributed by atoms with Crippen LogP contribution in [0.4, 0.5) is 0 Å². The van der Waals surface area contributed by atoms with Crippen molar-refractivity contribution >= 4 is 40.4 Å². The van der Waals surface area contributed by atoms with Crippen LogP contribution in [-0.2, 0) is 17.8 Å². The number of carbonyl (C=O) groups excluding carboxylic acids is 1. The lowest BCUT2D eigenvalue weighted by Gasteiger charge is -2.24. The zero-order valence-corrected chi connectivity index (χ0v) is 19.7. The molecule has 0 unspecified atom stereocenters. The van der Waals surface area contributed by atoms with Crippen LogP contribution in [0.25, 0.3) is 10.8 Å². The van der Waals surface area contributed by atoms with E-state index in [1.807, 2.05) is 55.6 Å². The minimum Gasteiger partial charge on any atom is -0.440 e. The number of benzene rings is 1. The van der Waals surface area contributed by atoms with Crippen LogP contribution in [0, 0.1) is 6.92 Å². The molecule has 0 radical (unpaired) electrons. The van der Waals surface area contributed by atoms with E-state index in [0.717, 1.165) is 23.4 Å². The molecule has 1 aromatic carbocycles. The largest absolute Gasteiger partial charge is 0.440 e. The van der Waals surface area contributed by atoms with Crippen molar-refractivity contribution in [3.8, 4) is 10.8 Å². The number of nitrogens with zero attached hydrogens (tertiary/aromatic N) is 3. The van der Waals surface area contributed by atoms with Crippen LogP contribution < -0.4 is 0 Å². The van der Waals surface area contributed by atoms with Gasteiger partial charge in [0.15, 0.2) is 0 Å². The van der Waals surface area contributed by atoms with E-state index in [0.29, 0.717) is 40.5 Å². The maximum absolute atomic E-state index is 13.2. The minimum atomic E-state index is 0.00829. The lowest BCUT2D eigenvalue weighted by atomic mass is 10.1. The van der Waals surface area contributed by atoms with Gasteiger partial charge in [-0.05, 0) is 63.1 Å². The van der Waals surface area contributed by atoms with E-state index >= 15 is 0 Å². The molecule has 0 saturated carbocycles. The highest BCUT2D eigenvalue weighted by molar-refractivity contribution is 7.13. The Labute approximate surface area is 191 Å². The molecule has 5 nitrogen and oxygen atoms in total. The number of aryl methyl sites for hydroxylation is 1. The van der Waals surface area contributed by atoms with E-state index in [1.54, 1.807) is 17.4 Å². The summed E-state index contributed by atoms with van der Waals surface area (Å²) in [5.41, 5.74) is 1.62. The lowest BCUT2D eigenvalue weighted by Crippen LogP contribution is -2.34. The van der Waals surface area contributed by atoms with Crippen LogP contribution in [0.5, 0.6) is 0 Å².